The van der Waals surface area contributed by atoms with Crippen LogP contribution in [0.5, 0.6) is 11.6 Å². The number of fused-ring (bicyclic) bond motifs is 1. The number of aliphatic hydroxyl groups is 2. The molecule has 40 heavy (non-hydrogen) atoms. The molecule has 2 fully saturated rings. The maximum atomic E-state index is 13.1. The highest BCUT2D eigenvalue weighted by molar-refractivity contribution is 5.99. The molecule has 0 bridgehead atoms. The number of rotatable bonds is 10. The number of hydrogen-bond acceptors (Lipinski definition) is 7. The van der Waals surface area contributed by atoms with Crippen molar-refractivity contribution in [2.75, 3.05) is 33.4 Å². The summed E-state index contributed by atoms with van der Waals surface area (Å²) in [4.78, 5) is 22.9. The zero-order valence-corrected chi connectivity index (χ0v) is 23.6. The van der Waals surface area contributed by atoms with Crippen LogP contribution in [0.2, 0.25) is 0 Å². The molecule has 0 spiro atoms. The van der Waals surface area contributed by atoms with E-state index in [9.17, 15) is 15.0 Å². The molecule has 3 heterocycles. The van der Waals surface area contributed by atoms with Crippen LogP contribution < -0.4 is 14.8 Å². The first-order valence-electron chi connectivity index (χ1n) is 14.5. The van der Waals surface area contributed by atoms with Crippen molar-refractivity contribution in [2.24, 2.45) is 5.92 Å². The fourth-order valence-corrected chi connectivity index (χ4v) is 5.94. The third-order valence-electron chi connectivity index (χ3n) is 8.61. The Morgan fingerprint density at radius 2 is 2.05 bits per heavy atom. The Labute approximate surface area is 235 Å². The lowest BCUT2D eigenvalue weighted by Crippen LogP contribution is -2.47. The van der Waals surface area contributed by atoms with Crippen LogP contribution in [0.15, 0.2) is 42.6 Å². The zero-order chi connectivity index (χ0) is 28.1. The smallest absolute Gasteiger partial charge is 0.267 e. The van der Waals surface area contributed by atoms with Crippen molar-refractivity contribution in [1.82, 2.24) is 20.2 Å². The van der Waals surface area contributed by atoms with Crippen molar-refractivity contribution < 1.29 is 24.5 Å². The number of piperidine rings is 1. The summed E-state index contributed by atoms with van der Waals surface area (Å²) in [7, 11) is 1.60. The van der Waals surface area contributed by atoms with E-state index in [0.717, 1.165) is 67.5 Å². The van der Waals surface area contributed by atoms with E-state index in [4.69, 9.17) is 9.47 Å². The second-order valence-corrected chi connectivity index (χ2v) is 11.6. The minimum atomic E-state index is -0.685. The average molecular weight is 551 g/mol. The van der Waals surface area contributed by atoms with Crippen molar-refractivity contribution in [3.8, 4) is 11.6 Å². The van der Waals surface area contributed by atoms with Crippen LogP contribution in [0, 0.1) is 5.92 Å². The first kappa shape index (κ1) is 28.4. The van der Waals surface area contributed by atoms with E-state index in [1.54, 1.807) is 13.3 Å². The quantitative estimate of drug-likeness (QED) is 0.304. The first-order chi connectivity index (χ1) is 19.3. The number of methoxy groups -OCH3 is 1. The number of H-pyrrole nitrogens is 1. The van der Waals surface area contributed by atoms with Crippen LogP contribution >= 0.6 is 0 Å². The monoisotopic (exact) mass is 550 g/mol. The van der Waals surface area contributed by atoms with Crippen molar-refractivity contribution in [3.63, 3.8) is 0 Å². The van der Waals surface area contributed by atoms with E-state index >= 15 is 0 Å². The number of hydrogen-bond donors (Lipinski definition) is 4. The molecule has 5 rings (SSSR count). The van der Waals surface area contributed by atoms with Gasteiger partial charge >= 0.3 is 0 Å². The Hall–Kier alpha value is -3.14. The highest BCUT2D eigenvalue weighted by Crippen LogP contribution is 2.32. The van der Waals surface area contributed by atoms with Gasteiger partial charge in [-0.05, 0) is 68.2 Å². The molecule has 2 aliphatic rings. The van der Waals surface area contributed by atoms with Gasteiger partial charge in [-0.1, -0.05) is 19.1 Å². The lowest BCUT2D eigenvalue weighted by Gasteiger charge is -2.39. The summed E-state index contributed by atoms with van der Waals surface area (Å²) < 4.78 is 11.2. The SMILES string of the molecule is COc1ccc(CCOc2cccc3[nH]c(C(=O)NC4CCC(O)(CCN5CC[C@H](O)[C@@H](C)C5)CC4)cc23)cn1. The van der Waals surface area contributed by atoms with E-state index < -0.39 is 5.60 Å². The Kier molecular flexibility index (Phi) is 8.93. The largest absolute Gasteiger partial charge is 0.493 e. The number of pyridine rings is 1. The lowest BCUT2D eigenvalue weighted by molar-refractivity contribution is -0.0272. The first-order valence-corrected chi connectivity index (χ1v) is 14.5. The molecule has 2 aromatic heterocycles. The van der Waals surface area contributed by atoms with Crippen molar-refractivity contribution in [1.29, 1.82) is 0 Å². The van der Waals surface area contributed by atoms with Crippen LogP contribution in [0.1, 0.15) is 61.5 Å². The van der Waals surface area contributed by atoms with Gasteiger partial charge < -0.3 is 34.9 Å². The zero-order valence-electron chi connectivity index (χ0n) is 23.6. The predicted octanol–water partition coefficient (Wildman–Crippen LogP) is 3.69. The fourth-order valence-electron chi connectivity index (χ4n) is 5.94. The van der Waals surface area contributed by atoms with E-state index in [2.05, 4.69) is 27.1 Å². The third kappa shape index (κ3) is 6.95. The summed E-state index contributed by atoms with van der Waals surface area (Å²) >= 11 is 0. The number of carbonyl (C=O) groups excluding carboxylic acids is 1. The van der Waals surface area contributed by atoms with Gasteiger partial charge in [0.25, 0.3) is 5.91 Å². The van der Waals surface area contributed by atoms with Crippen LogP contribution in [0.4, 0.5) is 0 Å². The van der Waals surface area contributed by atoms with Crippen molar-refractivity contribution in [2.45, 2.75) is 69.6 Å². The number of likely N-dealkylation sites (tertiary alicyclic amines) is 1. The fraction of sp³-hybridized carbons (Fsp3) is 0.548. The Morgan fingerprint density at radius 1 is 1.23 bits per heavy atom. The molecule has 4 N–H and O–H groups in total. The number of nitrogens with zero attached hydrogens (tertiary/aromatic N) is 2. The van der Waals surface area contributed by atoms with Gasteiger partial charge in [-0.2, -0.15) is 0 Å². The molecule has 9 nitrogen and oxygen atoms in total. The number of aliphatic hydroxyl groups excluding tert-OH is 1. The third-order valence-corrected chi connectivity index (χ3v) is 8.61. The Bertz CT molecular complexity index is 1270. The van der Waals surface area contributed by atoms with Crippen molar-refractivity contribution in [3.05, 3.63) is 53.9 Å². The predicted molar refractivity (Wildman–Crippen MR) is 154 cm³/mol. The average Bonchev–Trinajstić information content (AvgIpc) is 3.41. The Morgan fingerprint density at radius 3 is 2.77 bits per heavy atom. The number of carbonyl (C=O) groups is 1. The molecule has 3 aromatic rings. The van der Waals surface area contributed by atoms with Gasteiger partial charge in [-0.15, -0.1) is 0 Å². The Balaban J connectivity index is 1.10. The van der Waals surface area contributed by atoms with Crippen LogP contribution in [-0.2, 0) is 6.42 Å². The summed E-state index contributed by atoms with van der Waals surface area (Å²) in [5.41, 5.74) is 1.73. The number of amides is 1. The summed E-state index contributed by atoms with van der Waals surface area (Å²) in [6.45, 7) is 5.19. The molecule has 0 unspecified atom stereocenters. The topological polar surface area (TPSA) is 120 Å². The molecule has 1 aliphatic carbocycles. The second kappa shape index (κ2) is 12.6. The molecular weight excluding hydrogens is 508 g/mol. The normalized spacial score (nSPS) is 25.6. The maximum absolute atomic E-state index is 13.1. The molecule has 0 radical (unpaired) electrons. The van der Waals surface area contributed by atoms with Gasteiger partial charge in [0.1, 0.15) is 11.4 Å². The minimum Gasteiger partial charge on any atom is -0.493 e. The van der Waals surface area contributed by atoms with Gasteiger partial charge in [0.2, 0.25) is 5.88 Å². The van der Waals surface area contributed by atoms with Crippen LogP contribution in [0.25, 0.3) is 10.9 Å². The van der Waals surface area contributed by atoms with Gasteiger partial charge in [0, 0.05) is 55.3 Å². The highest BCUT2D eigenvalue weighted by atomic mass is 16.5. The summed E-state index contributed by atoms with van der Waals surface area (Å²) in [6.07, 6.45) is 6.69. The molecule has 216 valence electrons. The molecule has 1 saturated carbocycles. The summed E-state index contributed by atoms with van der Waals surface area (Å²) in [5, 5.41) is 25.2. The van der Waals surface area contributed by atoms with E-state index in [1.165, 1.54) is 0 Å². The molecule has 1 aromatic carbocycles. The summed E-state index contributed by atoms with van der Waals surface area (Å²) in [5.74, 6) is 1.46. The van der Waals surface area contributed by atoms with E-state index in [1.807, 2.05) is 36.4 Å². The number of ether oxygens (including phenoxy) is 2. The van der Waals surface area contributed by atoms with Crippen molar-refractivity contribution >= 4 is 16.8 Å². The molecule has 2 atom stereocenters. The molecule has 1 saturated heterocycles. The molecular formula is C31H42N4O5. The number of aromatic nitrogens is 2. The second-order valence-electron chi connectivity index (χ2n) is 11.6. The molecule has 1 aliphatic heterocycles. The molecule has 9 heteroatoms. The minimum absolute atomic E-state index is 0.0400. The van der Waals surface area contributed by atoms with E-state index in [0.29, 0.717) is 37.4 Å². The lowest BCUT2D eigenvalue weighted by atomic mass is 9.80. The van der Waals surface area contributed by atoms with Gasteiger partial charge in [0.05, 0.1) is 25.4 Å². The van der Waals surface area contributed by atoms with E-state index in [-0.39, 0.29) is 24.0 Å². The standard InChI is InChI=1S/C31H42N4O5/c1-21-20-35(15-10-27(21)36)16-14-31(38)12-8-23(9-13-31)33-30(37)26-18-24-25(34-26)4-3-5-28(24)40-17-11-22-6-7-29(39-2)32-19-22/h3-7,18-19,21,23,27,34,36,38H,8-17,20H2,1-2H3,(H,33,37)/t21-,23?,27-,31?/m0/s1. The summed E-state index contributed by atoms with van der Waals surface area (Å²) in [6, 6.07) is 11.5. The number of benzene rings is 1. The van der Waals surface area contributed by atoms with Crippen LogP contribution in [-0.4, -0.2) is 82.1 Å². The number of aromatic amines is 1. The van der Waals surface area contributed by atoms with Gasteiger partial charge in [-0.25, -0.2) is 4.98 Å². The highest BCUT2D eigenvalue weighted by Gasteiger charge is 2.35. The number of nitrogens with one attached hydrogen (secondary N) is 2. The molecule has 1 amide bonds. The maximum Gasteiger partial charge on any atom is 0.267 e. The van der Waals surface area contributed by atoms with Gasteiger partial charge in [0.15, 0.2) is 0 Å². The van der Waals surface area contributed by atoms with Crippen LogP contribution in [0.3, 0.4) is 0 Å². The van der Waals surface area contributed by atoms with Gasteiger partial charge in [-0.3, -0.25) is 4.79 Å².